The van der Waals surface area contributed by atoms with Gasteiger partial charge in [0.1, 0.15) is 11.8 Å². The van der Waals surface area contributed by atoms with Crippen LogP contribution < -0.4 is 4.74 Å². The fourth-order valence-corrected chi connectivity index (χ4v) is 5.21. The highest BCUT2D eigenvalue weighted by Crippen LogP contribution is 2.32. The third-order valence-corrected chi connectivity index (χ3v) is 7.10. The smallest absolute Gasteiger partial charge is 0.387 e. The first kappa shape index (κ1) is 25.9. The number of amides is 1. The number of ether oxygens (including phenoxy) is 1. The zero-order valence-electron chi connectivity index (χ0n) is 20.0. The number of carbonyl (C=O) groups is 1. The molecule has 11 heteroatoms. The molecule has 0 bridgehead atoms. The fraction of sp³-hybridized carbons (Fsp3) is 0.360. The maximum absolute atomic E-state index is 13.4. The molecule has 3 heterocycles. The van der Waals surface area contributed by atoms with E-state index >= 15 is 0 Å². The van der Waals surface area contributed by atoms with Crippen LogP contribution in [0.25, 0.3) is 0 Å². The van der Waals surface area contributed by atoms with Crippen LogP contribution in [0.4, 0.5) is 8.78 Å². The summed E-state index contributed by atoms with van der Waals surface area (Å²) in [4.78, 5) is 17.5. The molecule has 2 aliphatic heterocycles. The molecular weight excluding hydrogens is 490 g/mol. The van der Waals surface area contributed by atoms with E-state index in [0.717, 1.165) is 11.1 Å². The zero-order valence-corrected chi connectivity index (χ0v) is 20.8. The summed E-state index contributed by atoms with van der Waals surface area (Å²) in [6.45, 7) is 2.59. The molecule has 1 fully saturated rings. The monoisotopic (exact) mass is 518 g/mol. The lowest BCUT2D eigenvalue weighted by Gasteiger charge is -2.42. The lowest BCUT2D eigenvalue weighted by Crippen LogP contribution is -2.55. The number of halogens is 2. The van der Waals surface area contributed by atoms with E-state index in [-0.39, 0.29) is 11.7 Å². The van der Waals surface area contributed by atoms with E-state index in [1.807, 2.05) is 49.1 Å². The van der Waals surface area contributed by atoms with Gasteiger partial charge in [-0.3, -0.25) is 9.69 Å². The maximum Gasteiger partial charge on any atom is 0.387 e. The Morgan fingerprint density at radius 2 is 1.75 bits per heavy atom. The third-order valence-electron chi connectivity index (χ3n) is 5.90. The maximum atomic E-state index is 13.4. The Balaban J connectivity index is 0.00000148. The van der Waals surface area contributed by atoms with Gasteiger partial charge in [-0.25, -0.2) is 4.21 Å². The number of alkyl halides is 2. The number of nitrogens with zero attached hydrogens (tertiary/aromatic N) is 4. The molecule has 8 nitrogen and oxygen atoms in total. The van der Waals surface area contributed by atoms with Crippen molar-refractivity contribution < 1.29 is 27.6 Å². The average Bonchev–Trinajstić information content (AvgIpc) is 3.44. The van der Waals surface area contributed by atoms with Gasteiger partial charge in [0.2, 0.25) is 5.91 Å². The summed E-state index contributed by atoms with van der Waals surface area (Å²) >= 11 is 0. The van der Waals surface area contributed by atoms with Crippen LogP contribution >= 0.6 is 0 Å². The number of benzene rings is 2. The minimum Gasteiger partial charge on any atom is -0.435 e. The molecule has 1 saturated heterocycles. The van der Waals surface area contributed by atoms with Crippen LogP contribution in [0.3, 0.4) is 0 Å². The van der Waals surface area contributed by atoms with E-state index in [1.165, 1.54) is 28.4 Å². The van der Waals surface area contributed by atoms with Crippen LogP contribution in [0.5, 0.6) is 5.75 Å². The molecule has 2 aromatic carbocycles. The molecule has 0 spiro atoms. The van der Waals surface area contributed by atoms with Crippen LogP contribution in [0, 0.1) is 0 Å². The number of aliphatic hydroxyl groups is 1. The van der Waals surface area contributed by atoms with Gasteiger partial charge < -0.3 is 14.7 Å². The Morgan fingerprint density at radius 1 is 1.08 bits per heavy atom. The molecular formula is C25H28F2N4O4S. The number of carbonyl (C=O) groups excluding carboxylic acids is 1. The van der Waals surface area contributed by atoms with Crippen molar-refractivity contribution in [2.24, 2.45) is 0 Å². The first-order valence-electron chi connectivity index (χ1n) is 11.7. The number of aliphatic hydroxyl groups excluding tert-OH is 1. The quantitative estimate of drug-likeness (QED) is 0.516. The molecule has 0 radical (unpaired) electrons. The molecule has 1 N–H and O–H groups in total. The Kier molecular flexibility index (Phi) is 8.12. The fourth-order valence-electron chi connectivity index (χ4n) is 4.23. The van der Waals surface area contributed by atoms with Crippen molar-refractivity contribution >= 4 is 16.9 Å². The van der Waals surface area contributed by atoms with Crippen LogP contribution in [-0.2, 0) is 28.9 Å². The van der Waals surface area contributed by atoms with E-state index in [0.29, 0.717) is 36.8 Å². The minimum atomic E-state index is -2.93. The summed E-state index contributed by atoms with van der Waals surface area (Å²) in [5.74, 6) is -0.0889. The Labute approximate surface area is 210 Å². The summed E-state index contributed by atoms with van der Waals surface area (Å²) in [6, 6.07) is 14.5. The van der Waals surface area contributed by atoms with Crippen LogP contribution in [0.1, 0.15) is 36.7 Å². The van der Waals surface area contributed by atoms with Gasteiger partial charge in [0.05, 0.1) is 23.2 Å². The van der Waals surface area contributed by atoms with Gasteiger partial charge in [-0.2, -0.15) is 18.0 Å². The molecule has 0 saturated carbocycles. The van der Waals surface area contributed by atoms with Gasteiger partial charge >= 0.3 is 6.61 Å². The number of fused-ring (bicyclic) bond motifs is 1. The second kappa shape index (κ2) is 11.3. The molecule has 1 amide bonds. The summed E-state index contributed by atoms with van der Waals surface area (Å²) in [6.07, 6.45) is 1.22. The SMILES string of the molecule is CC.O=C(C(c1ccccc1)N1CC(O)C1)N1Cc2cn(S(=O)c3ccc(OC(F)F)cc3)nc2C1. The normalized spacial score (nSPS) is 17.1. The molecule has 0 aliphatic carbocycles. The van der Waals surface area contributed by atoms with Gasteiger partial charge in [-0.15, -0.1) is 0 Å². The van der Waals surface area contributed by atoms with Gasteiger partial charge in [0.25, 0.3) is 0 Å². The Morgan fingerprint density at radius 3 is 2.33 bits per heavy atom. The molecule has 36 heavy (non-hydrogen) atoms. The number of β-amino-alcohol motifs (C(OH)–C–C–N with tert-alkyl or cyclic N) is 1. The van der Waals surface area contributed by atoms with Gasteiger partial charge in [-0.1, -0.05) is 44.2 Å². The Hall–Kier alpha value is -3.15. The number of hydrogen-bond donors (Lipinski definition) is 1. The minimum absolute atomic E-state index is 0.0180. The van der Waals surface area contributed by atoms with Crippen molar-refractivity contribution in [3.63, 3.8) is 0 Å². The first-order chi connectivity index (χ1) is 17.4. The van der Waals surface area contributed by atoms with Crippen LogP contribution in [-0.4, -0.2) is 60.0 Å². The summed E-state index contributed by atoms with van der Waals surface area (Å²) in [7, 11) is -1.67. The average molecular weight is 519 g/mol. The highest BCUT2D eigenvalue weighted by molar-refractivity contribution is 7.83. The van der Waals surface area contributed by atoms with Crippen molar-refractivity contribution in [3.8, 4) is 5.75 Å². The van der Waals surface area contributed by atoms with Gasteiger partial charge in [0, 0.05) is 31.4 Å². The van der Waals surface area contributed by atoms with E-state index in [1.54, 1.807) is 11.1 Å². The topological polar surface area (TPSA) is 87.9 Å². The van der Waals surface area contributed by atoms with Crippen LogP contribution in [0.2, 0.25) is 0 Å². The predicted molar refractivity (Wildman–Crippen MR) is 129 cm³/mol. The van der Waals surface area contributed by atoms with Crippen molar-refractivity contribution in [2.45, 2.75) is 50.6 Å². The standard InChI is InChI=1S/C23H22F2N4O4S.C2H6/c24-23(25)33-18-6-8-19(9-7-18)34(32)29-11-16-10-28(14-20(16)26-29)22(31)21(27-12-17(30)13-27)15-4-2-1-3-5-15;1-2/h1-9,11,17,21,23,30H,10,12-14H2;1-2H3. The van der Waals surface area contributed by atoms with E-state index in [4.69, 9.17) is 0 Å². The number of aromatic nitrogens is 2. The largest absolute Gasteiger partial charge is 0.435 e. The Bertz CT molecular complexity index is 1180. The molecule has 1 aromatic heterocycles. The van der Waals surface area contributed by atoms with Crippen LogP contribution in [0.15, 0.2) is 65.7 Å². The van der Waals surface area contributed by atoms with E-state index in [9.17, 15) is 22.9 Å². The lowest BCUT2D eigenvalue weighted by molar-refractivity contribution is -0.143. The van der Waals surface area contributed by atoms with Gasteiger partial charge in [-0.05, 0) is 29.8 Å². The molecule has 2 unspecified atom stereocenters. The highest BCUT2D eigenvalue weighted by atomic mass is 32.2. The molecule has 2 atom stereocenters. The summed E-state index contributed by atoms with van der Waals surface area (Å²) < 4.78 is 43.1. The molecule has 3 aromatic rings. The van der Waals surface area contributed by atoms with Crippen molar-refractivity contribution in [3.05, 3.63) is 77.6 Å². The van der Waals surface area contributed by atoms with E-state index in [2.05, 4.69) is 9.84 Å². The zero-order chi connectivity index (χ0) is 25.8. The number of likely N-dealkylation sites (tertiary alicyclic amines) is 1. The lowest BCUT2D eigenvalue weighted by atomic mass is 9.99. The second-order valence-electron chi connectivity index (χ2n) is 8.22. The summed E-state index contributed by atoms with van der Waals surface area (Å²) in [5, 5.41) is 14.2. The summed E-state index contributed by atoms with van der Waals surface area (Å²) in [5.41, 5.74) is 2.33. The highest BCUT2D eigenvalue weighted by Gasteiger charge is 2.40. The molecule has 192 valence electrons. The number of hydrogen-bond acceptors (Lipinski definition) is 6. The van der Waals surface area contributed by atoms with Crippen molar-refractivity contribution in [2.75, 3.05) is 13.1 Å². The van der Waals surface area contributed by atoms with E-state index < -0.39 is 29.7 Å². The van der Waals surface area contributed by atoms with Gasteiger partial charge in [0.15, 0.2) is 11.0 Å². The van der Waals surface area contributed by atoms with Crippen molar-refractivity contribution in [1.29, 1.82) is 0 Å². The third kappa shape index (κ3) is 5.48. The number of rotatable bonds is 7. The van der Waals surface area contributed by atoms with Crippen molar-refractivity contribution in [1.82, 2.24) is 19.0 Å². The predicted octanol–water partition coefficient (Wildman–Crippen LogP) is 3.34. The molecule has 5 rings (SSSR count). The second-order valence-corrected chi connectivity index (χ2v) is 9.56. The first-order valence-corrected chi connectivity index (χ1v) is 12.8. The molecule has 2 aliphatic rings.